The van der Waals surface area contributed by atoms with Crippen LogP contribution in [0.3, 0.4) is 0 Å². The van der Waals surface area contributed by atoms with Crippen molar-refractivity contribution in [3.8, 4) is 0 Å². The van der Waals surface area contributed by atoms with Gasteiger partial charge in [-0.2, -0.15) is 0 Å². The lowest BCUT2D eigenvalue weighted by Crippen LogP contribution is -2.20. The number of anilines is 2. The minimum Gasteiger partial charge on any atom is -0.307 e. The molecule has 2 aromatic rings. The van der Waals surface area contributed by atoms with Crippen molar-refractivity contribution in [2.45, 2.75) is 13.8 Å². The van der Waals surface area contributed by atoms with Crippen molar-refractivity contribution in [3.05, 3.63) is 57.6 Å². The number of carbonyl (C=O) groups is 1. The van der Waals surface area contributed by atoms with Gasteiger partial charge < -0.3 is 10.6 Å². The molecule has 0 heterocycles. The van der Waals surface area contributed by atoms with Crippen LogP contribution in [0.25, 0.3) is 0 Å². The largest absolute Gasteiger partial charge is 0.323 e. The summed E-state index contributed by atoms with van der Waals surface area (Å²) < 4.78 is 0. The molecule has 20 heavy (non-hydrogen) atoms. The van der Waals surface area contributed by atoms with Crippen LogP contribution < -0.4 is 10.6 Å². The maximum atomic E-state index is 12.0. The number of amides is 2. The fourth-order valence-corrected chi connectivity index (χ4v) is 2.21. The van der Waals surface area contributed by atoms with Gasteiger partial charge in [-0.1, -0.05) is 41.4 Å². The molecule has 2 aromatic carbocycles. The van der Waals surface area contributed by atoms with Gasteiger partial charge in [0, 0.05) is 10.7 Å². The smallest absolute Gasteiger partial charge is 0.307 e. The number of para-hydroxylation sites is 1. The molecular formula is C15H14Cl2N2O. The van der Waals surface area contributed by atoms with E-state index in [9.17, 15) is 4.79 Å². The molecule has 104 valence electrons. The number of nitrogens with one attached hydrogen (secondary N) is 2. The second-order valence-corrected chi connectivity index (χ2v) is 5.31. The van der Waals surface area contributed by atoms with E-state index in [1.54, 1.807) is 18.2 Å². The van der Waals surface area contributed by atoms with Gasteiger partial charge in [-0.25, -0.2) is 4.79 Å². The van der Waals surface area contributed by atoms with E-state index in [1.807, 2.05) is 32.0 Å². The normalized spacial score (nSPS) is 10.2. The molecule has 0 aromatic heterocycles. The fourth-order valence-electron chi connectivity index (χ4n) is 1.87. The third kappa shape index (κ3) is 3.44. The lowest BCUT2D eigenvalue weighted by molar-refractivity contribution is 0.262. The molecule has 2 N–H and O–H groups in total. The van der Waals surface area contributed by atoms with Crippen LogP contribution in [-0.2, 0) is 0 Å². The topological polar surface area (TPSA) is 41.1 Å². The van der Waals surface area contributed by atoms with E-state index in [-0.39, 0.29) is 6.03 Å². The highest BCUT2D eigenvalue weighted by atomic mass is 35.5. The third-order valence-electron chi connectivity index (χ3n) is 2.90. The van der Waals surface area contributed by atoms with Crippen LogP contribution in [0.5, 0.6) is 0 Å². The third-order valence-corrected chi connectivity index (χ3v) is 3.46. The number of urea groups is 1. The summed E-state index contributed by atoms with van der Waals surface area (Å²) in [4.78, 5) is 12.0. The predicted molar refractivity (Wildman–Crippen MR) is 85.0 cm³/mol. The number of hydrogen-bond donors (Lipinski definition) is 2. The molecule has 2 rings (SSSR count). The summed E-state index contributed by atoms with van der Waals surface area (Å²) in [5, 5.41) is 6.46. The number of benzene rings is 2. The molecule has 0 unspecified atom stereocenters. The zero-order valence-corrected chi connectivity index (χ0v) is 12.6. The summed E-state index contributed by atoms with van der Waals surface area (Å²) in [5.74, 6) is 0. The van der Waals surface area contributed by atoms with Gasteiger partial charge in [0.25, 0.3) is 0 Å². The van der Waals surface area contributed by atoms with E-state index in [2.05, 4.69) is 10.6 Å². The van der Waals surface area contributed by atoms with E-state index >= 15 is 0 Å². The molecule has 0 atom stereocenters. The number of halogens is 2. The zero-order chi connectivity index (χ0) is 14.7. The van der Waals surface area contributed by atoms with Gasteiger partial charge in [0.05, 0.1) is 10.7 Å². The summed E-state index contributed by atoms with van der Waals surface area (Å²) in [6, 6.07) is 10.4. The molecule has 0 spiro atoms. The van der Waals surface area contributed by atoms with Gasteiger partial charge in [-0.15, -0.1) is 0 Å². The molecule has 0 aliphatic rings. The minimum atomic E-state index is -0.355. The molecule has 0 saturated carbocycles. The minimum absolute atomic E-state index is 0.355. The van der Waals surface area contributed by atoms with Gasteiger partial charge in [0.15, 0.2) is 0 Å². The monoisotopic (exact) mass is 308 g/mol. The van der Waals surface area contributed by atoms with Crippen molar-refractivity contribution < 1.29 is 4.79 Å². The highest BCUT2D eigenvalue weighted by Crippen LogP contribution is 2.26. The van der Waals surface area contributed by atoms with Crippen molar-refractivity contribution >= 4 is 40.6 Å². The Kier molecular flexibility index (Phi) is 4.53. The first-order valence-electron chi connectivity index (χ1n) is 6.06. The van der Waals surface area contributed by atoms with Crippen molar-refractivity contribution in [1.29, 1.82) is 0 Å². The molecule has 0 bridgehead atoms. The quantitative estimate of drug-likeness (QED) is 0.781. The molecule has 3 nitrogen and oxygen atoms in total. The maximum absolute atomic E-state index is 12.0. The molecule has 0 fully saturated rings. The molecule has 0 radical (unpaired) electrons. The van der Waals surface area contributed by atoms with Gasteiger partial charge in [0.2, 0.25) is 0 Å². The van der Waals surface area contributed by atoms with Crippen molar-refractivity contribution in [1.82, 2.24) is 0 Å². The average molecular weight is 309 g/mol. The number of aryl methyl sites for hydroxylation is 2. The fraction of sp³-hybridized carbons (Fsp3) is 0.133. The molecular weight excluding hydrogens is 295 g/mol. The van der Waals surface area contributed by atoms with Crippen molar-refractivity contribution in [2.75, 3.05) is 10.6 Å². The second kappa shape index (κ2) is 6.16. The SMILES string of the molecule is Cc1cccc(C)c1NC(=O)Nc1cc(Cl)ccc1Cl. The lowest BCUT2D eigenvalue weighted by Gasteiger charge is -2.13. The van der Waals surface area contributed by atoms with Crippen LogP contribution in [0.15, 0.2) is 36.4 Å². The second-order valence-electron chi connectivity index (χ2n) is 4.47. The van der Waals surface area contributed by atoms with Crippen LogP contribution in [0.4, 0.5) is 16.2 Å². The van der Waals surface area contributed by atoms with Crippen molar-refractivity contribution in [2.24, 2.45) is 0 Å². The molecule has 0 aliphatic carbocycles. The summed E-state index contributed by atoms with van der Waals surface area (Å²) in [6.45, 7) is 3.88. The van der Waals surface area contributed by atoms with Crippen LogP contribution in [-0.4, -0.2) is 6.03 Å². The Morgan fingerprint density at radius 2 is 1.65 bits per heavy atom. The Hall–Kier alpha value is -1.71. The van der Waals surface area contributed by atoms with Crippen molar-refractivity contribution in [3.63, 3.8) is 0 Å². The first kappa shape index (κ1) is 14.7. The van der Waals surface area contributed by atoms with E-state index < -0.39 is 0 Å². The summed E-state index contributed by atoms with van der Waals surface area (Å²) >= 11 is 11.9. The first-order valence-corrected chi connectivity index (χ1v) is 6.82. The lowest BCUT2D eigenvalue weighted by atomic mass is 10.1. The maximum Gasteiger partial charge on any atom is 0.323 e. The van der Waals surface area contributed by atoms with E-state index in [0.29, 0.717) is 15.7 Å². The predicted octanol–water partition coefficient (Wildman–Crippen LogP) is 5.25. The van der Waals surface area contributed by atoms with E-state index in [0.717, 1.165) is 16.8 Å². The number of carbonyl (C=O) groups excluding carboxylic acids is 1. The highest BCUT2D eigenvalue weighted by Gasteiger charge is 2.09. The first-order chi connectivity index (χ1) is 9.47. The van der Waals surface area contributed by atoms with Crippen LogP contribution >= 0.6 is 23.2 Å². The van der Waals surface area contributed by atoms with Gasteiger partial charge in [-0.3, -0.25) is 0 Å². The summed E-state index contributed by atoms with van der Waals surface area (Å²) in [7, 11) is 0. The molecule has 5 heteroatoms. The van der Waals surface area contributed by atoms with Gasteiger partial charge >= 0.3 is 6.03 Å². The Morgan fingerprint density at radius 3 is 2.30 bits per heavy atom. The van der Waals surface area contributed by atoms with Crippen LogP contribution in [0.1, 0.15) is 11.1 Å². The average Bonchev–Trinajstić information content (AvgIpc) is 2.38. The van der Waals surface area contributed by atoms with E-state index in [4.69, 9.17) is 23.2 Å². The van der Waals surface area contributed by atoms with Gasteiger partial charge in [-0.05, 0) is 43.2 Å². The standard InChI is InChI=1S/C15H14Cl2N2O/c1-9-4-3-5-10(2)14(9)19-15(20)18-13-8-11(16)6-7-12(13)17/h3-8H,1-2H3,(H2,18,19,20). The van der Waals surface area contributed by atoms with E-state index in [1.165, 1.54) is 0 Å². The highest BCUT2D eigenvalue weighted by molar-refractivity contribution is 6.35. The number of rotatable bonds is 2. The van der Waals surface area contributed by atoms with Gasteiger partial charge in [0.1, 0.15) is 0 Å². The summed E-state index contributed by atoms with van der Waals surface area (Å²) in [6.07, 6.45) is 0. The number of hydrogen-bond acceptors (Lipinski definition) is 1. The Morgan fingerprint density at radius 1 is 1.00 bits per heavy atom. The molecule has 2 amide bonds. The van der Waals surface area contributed by atoms with Crippen LogP contribution in [0.2, 0.25) is 10.0 Å². The molecule has 0 saturated heterocycles. The Bertz CT molecular complexity index is 636. The molecule has 0 aliphatic heterocycles. The zero-order valence-electron chi connectivity index (χ0n) is 11.1. The summed E-state index contributed by atoms with van der Waals surface area (Å²) in [5.41, 5.74) is 3.26. The Balaban J connectivity index is 2.15. The van der Waals surface area contributed by atoms with Crippen LogP contribution in [0, 0.1) is 13.8 Å². The Labute approximate surface area is 127 Å².